The average molecular weight is 312 g/mol. The predicted molar refractivity (Wildman–Crippen MR) is 70.5 cm³/mol. The molecule has 0 aliphatic rings. The fourth-order valence-corrected chi connectivity index (χ4v) is 1.79. The van der Waals surface area contributed by atoms with E-state index in [1.165, 1.54) is 6.20 Å². The Morgan fingerprint density at radius 3 is 2.83 bits per heavy atom. The van der Waals surface area contributed by atoms with Gasteiger partial charge in [0, 0.05) is 31.7 Å². The lowest BCUT2D eigenvalue weighted by atomic mass is 10.2. The van der Waals surface area contributed by atoms with E-state index in [0.29, 0.717) is 36.3 Å². The molecule has 1 amide bonds. The van der Waals surface area contributed by atoms with E-state index in [1.807, 2.05) is 6.07 Å². The zero-order valence-electron chi connectivity index (χ0n) is 10.1. The summed E-state index contributed by atoms with van der Waals surface area (Å²) in [7, 11) is 1.59. The minimum absolute atomic E-state index is 0.156. The van der Waals surface area contributed by atoms with Crippen LogP contribution in [0.1, 0.15) is 16.1 Å². The Morgan fingerprint density at radius 2 is 2.33 bits per heavy atom. The van der Waals surface area contributed by atoms with Crippen LogP contribution in [0.25, 0.3) is 0 Å². The van der Waals surface area contributed by atoms with E-state index in [0.717, 1.165) is 0 Å². The number of ether oxygens (including phenoxy) is 1. The molecule has 18 heavy (non-hydrogen) atoms. The van der Waals surface area contributed by atoms with Gasteiger partial charge in [0.05, 0.1) is 12.2 Å². The van der Waals surface area contributed by atoms with Crippen molar-refractivity contribution in [3.63, 3.8) is 0 Å². The van der Waals surface area contributed by atoms with Crippen LogP contribution in [0.5, 0.6) is 0 Å². The van der Waals surface area contributed by atoms with E-state index in [4.69, 9.17) is 10.00 Å². The number of methoxy groups -OCH3 is 1. The predicted octanol–water partition coefficient (Wildman–Crippen LogP) is 1.44. The van der Waals surface area contributed by atoms with Crippen LogP contribution >= 0.6 is 15.9 Å². The SMILES string of the molecule is COCCN(CCBr)C(=O)c1ccc(C#N)cn1. The molecule has 6 heteroatoms. The van der Waals surface area contributed by atoms with Crippen LogP contribution in [0, 0.1) is 11.3 Å². The Kier molecular flexibility index (Phi) is 6.33. The zero-order chi connectivity index (χ0) is 13.4. The molecule has 0 aromatic carbocycles. The summed E-state index contributed by atoms with van der Waals surface area (Å²) in [5.74, 6) is -0.156. The summed E-state index contributed by atoms with van der Waals surface area (Å²) in [5, 5.41) is 9.36. The summed E-state index contributed by atoms with van der Waals surface area (Å²) in [4.78, 5) is 17.8. The van der Waals surface area contributed by atoms with Crippen molar-refractivity contribution in [3.05, 3.63) is 29.6 Å². The maximum absolute atomic E-state index is 12.1. The number of aromatic nitrogens is 1. The average Bonchev–Trinajstić information content (AvgIpc) is 2.43. The van der Waals surface area contributed by atoms with E-state index in [1.54, 1.807) is 24.1 Å². The van der Waals surface area contributed by atoms with Crippen LogP contribution in [0.3, 0.4) is 0 Å². The summed E-state index contributed by atoms with van der Waals surface area (Å²) in [6.07, 6.45) is 1.40. The van der Waals surface area contributed by atoms with Gasteiger partial charge in [0.15, 0.2) is 0 Å². The standard InChI is InChI=1S/C12H14BrN3O2/c1-18-7-6-16(5-4-13)12(17)11-3-2-10(8-14)9-15-11/h2-3,9H,4-7H2,1H3. The molecule has 0 spiro atoms. The lowest BCUT2D eigenvalue weighted by molar-refractivity contribution is 0.0703. The molecule has 0 fully saturated rings. The smallest absolute Gasteiger partial charge is 0.272 e. The molecule has 0 aliphatic carbocycles. The zero-order valence-corrected chi connectivity index (χ0v) is 11.7. The lowest BCUT2D eigenvalue weighted by Gasteiger charge is -2.20. The van der Waals surface area contributed by atoms with E-state index in [9.17, 15) is 4.79 Å². The van der Waals surface area contributed by atoms with Crippen LogP contribution in [0.15, 0.2) is 18.3 Å². The first-order valence-electron chi connectivity index (χ1n) is 5.43. The molecule has 0 saturated carbocycles. The van der Waals surface area contributed by atoms with Crippen molar-refractivity contribution in [3.8, 4) is 6.07 Å². The second kappa shape index (κ2) is 7.80. The Labute approximate surface area is 115 Å². The molecule has 0 radical (unpaired) electrons. The number of carbonyl (C=O) groups is 1. The Hall–Kier alpha value is -1.45. The summed E-state index contributed by atoms with van der Waals surface area (Å²) < 4.78 is 4.97. The van der Waals surface area contributed by atoms with Crippen molar-refractivity contribution in [1.29, 1.82) is 5.26 Å². The Morgan fingerprint density at radius 1 is 1.56 bits per heavy atom. The van der Waals surface area contributed by atoms with Crippen molar-refractivity contribution in [1.82, 2.24) is 9.88 Å². The van der Waals surface area contributed by atoms with Crippen molar-refractivity contribution in [2.24, 2.45) is 0 Å². The van der Waals surface area contributed by atoms with Gasteiger partial charge in [0.25, 0.3) is 5.91 Å². The molecule has 96 valence electrons. The van der Waals surface area contributed by atoms with Crippen LogP contribution in [-0.2, 0) is 4.74 Å². The van der Waals surface area contributed by atoms with Crippen LogP contribution in [0.4, 0.5) is 0 Å². The summed E-state index contributed by atoms with van der Waals surface area (Å²) in [6, 6.07) is 5.12. The summed E-state index contributed by atoms with van der Waals surface area (Å²) >= 11 is 3.31. The van der Waals surface area contributed by atoms with Gasteiger partial charge in [-0.05, 0) is 12.1 Å². The molecule has 1 rings (SSSR count). The van der Waals surface area contributed by atoms with Gasteiger partial charge in [0.2, 0.25) is 0 Å². The van der Waals surface area contributed by atoms with Crippen molar-refractivity contribution in [2.45, 2.75) is 0 Å². The second-order valence-electron chi connectivity index (χ2n) is 3.52. The van der Waals surface area contributed by atoms with Gasteiger partial charge in [-0.15, -0.1) is 0 Å². The number of rotatable bonds is 6. The maximum Gasteiger partial charge on any atom is 0.272 e. The van der Waals surface area contributed by atoms with E-state index < -0.39 is 0 Å². The van der Waals surface area contributed by atoms with Gasteiger partial charge >= 0.3 is 0 Å². The van der Waals surface area contributed by atoms with Crippen molar-refractivity contribution >= 4 is 21.8 Å². The first-order valence-corrected chi connectivity index (χ1v) is 6.55. The van der Waals surface area contributed by atoms with E-state index >= 15 is 0 Å². The number of halogens is 1. The molecule has 0 aliphatic heterocycles. The molecule has 0 unspecified atom stereocenters. The van der Waals surface area contributed by atoms with Gasteiger partial charge in [-0.1, -0.05) is 15.9 Å². The number of nitriles is 1. The highest BCUT2D eigenvalue weighted by Gasteiger charge is 2.15. The highest BCUT2D eigenvalue weighted by Crippen LogP contribution is 2.04. The molecule has 0 N–H and O–H groups in total. The van der Waals surface area contributed by atoms with Crippen LogP contribution in [-0.4, -0.2) is 47.9 Å². The number of carbonyl (C=O) groups excluding carboxylic acids is 1. The number of amides is 1. The molecule has 1 aromatic rings. The third kappa shape index (κ3) is 4.09. The fourth-order valence-electron chi connectivity index (χ4n) is 1.37. The fraction of sp³-hybridized carbons (Fsp3) is 0.417. The van der Waals surface area contributed by atoms with Gasteiger partial charge in [0.1, 0.15) is 11.8 Å². The second-order valence-corrected chi connectivity index (χ2v) is 4.31. The molecule has 1 aromatic heterocycles. The summed E-state index contributed by atoms with van der Waals surface area (Å²) in [5.41, 5.74) is 0.779. The third-order valence-electron chi connectivity index (χ3n) is 2.32. The monoisotopic (exact) mass is 311 g/mol. The Balaban J connectivity index is 2.77. The molecule has 0 bridgehead atoms. The summed E-state index contributed by atoms with van der Waals surface area (Å²) in [6.45, 7) is 1.58. The van der Waals surface area contributed by atoms with Gasteiger partial charge < -0.3 is 9.64 Å². The number of hydrogen-bond donors (Lipinski definition) is 0. The topological polar surface area (TPSA) is 66.2 Å². The molecule has 0 saturated heterocycles. The highest BCUT2D eigenvalue weighted by molar-refractivity contribution is 9.09. The quantitative estimate of drug-likeness (QED) is 0.746. The Bertz CT molecular complexity index is 428. The third-order valence-corrected chi connectivity index (χ3v) is 2.67. The van der Waals surface area contributed by atoms with Crippen molar-refractivity contribution in [2.75, 3.05) is 32.1 Å². The molecule has 5 nitrogen and oxygen atoms in total. The lowest BCUT2D eigenvalue weighted by Crippen LogP contribution is -2.35. The maximum atomic E-state index is 12.1. The number of hydrogen-bond acceptors (Lipinski definition) is 4. The largest absolute Gasteiger partial charge is 0.383 e. The minimum atomic E-state index is -0.156. The number of pyridine rings is 1. The van der Waals surface area contributed by atoms with Gasteiger partial charge in [-0.2, -0.15) is 5.26 Å². The van der Waals surface area contributed by atoms with Gasteiger partial charge in [-0.25, -0.2) is 4.98 Å². The van der Waals surface area contributed by atoms with E-state index in [2.05, 4.69) is 20.9 Å². The highest BCUT2D eigenvalue weighted by atomic mass is 79.9. The van der Waals surface area contributed by atoms with Crippen molar-refractivity contribution < 1.29 is 9.53 Å². The van der Waals surface area contributed by atoms with Crippen LogP contribution in [0.2, 0.25) is 0 Å². The molecular formula is C12H14BrN3O2. The molecule has 0 atom stereocenters. The first-order chi connectivity index (χ1) is 8.72. The van der Waals surface area contributed by atoms with E-state index in [-0.39, 0.29) is 5.91 Å². The normalized spacial score (nSPS) is 9.83. The number of alkyl halides is 1. The molecular weight excluding hydrogens is 298 g/mol. The van der Waals surface area contributed by atoms with Gasteiger partial charge in [-0.3, -0.25) is 4.79 Å². The number of nitrogens with zero attached hydrogens (tertiary/aromatic N) is 3. The first kappa shape index (κ1) is 14.6. The van der Waals surface area contributed by atoms with Crippen LogP contribution < -0.4 is 0 Å². The molecule has 1 heterocycles. The minimum Gasteiger partial charge on any atom is -0.383 e.